The van der Waals surface area contributed by atoms with Crippen LogP contribution in [-0.4, -0.2) is 86.3 Å². The number of aryl methyl sites for hydroxylation is 2. The van der Waals surface area contributed by atoms with Crippen molar-refractivity contribution in [1.29, 1.82) is 0 Å². The van der Waals surface area contributed by atoms with Gasteiger partial charge in [-0.2, -0.15) is 10.2 Å². The number of pyridine rings is 4. The van der Waals surface area contributed by atoms with Crippen molar-refractivity contribution < 1.29 is 9.47 Å². The fraction of sp³-hybridized carbons (Fsp3) is 0.278. The van der Waals surface area contributed by atoms with Gasteiger partial charge in [0, 0.05) is 86.2 Å². The predicted molar refractivity (Wildman–Crippen MR) is 212 cm³/mol. The monoisotopic (exact) mass is 794 g/mol. The molecule has 0 bridgehead atoms. The fourth-order valence-corrected chi connectivity index (χ4v) is 7.70. The number of rotatable bonds is 6. The van der Waals surface area contributed by atoms with Crippen LogP contribution >= 0.6 is 34.3 Å². The van der Waals surface area contributed by atoms with Crippen LogP contribution in [0.4, 0.5) is 16.1 Å². The normalized spacial score (nSPS) is 16.5. The van der Waals surface area contributed by atoms with E-state index in [9.17, 15) is 0 Å². The van der Waals surface area contributed by atoms with Crippen LogP contribution in [-0.2, 0) is 23.6 Å². The second-order valence-electron chi connectivity index (χ2n) is 12.8. The molecular weight excluding hydrogens is 760 g/mol. The summed E-state index contributed by atoms with van der Waals surface area (Å²) < 4.78 is 14.2. The van der Waals surface area contributed by atoms with Gasteiger partial charge in [0.1, 0.15) is 21.0 Å². The van der Waals surface area contributed by atoms with Crippen LogP contribution in [0.15, 0.2) is 73.6 Å². The van der Waals surface area contributed by atoms with Gasteiger partial charge in [0.25, 0.3) is 0 Å². The van der Waals surface area contributed by atoms with Gasteiger partial charge in [-0.05, 0) is 49.2 Å². The number of halogens is 1. The zero-order chi connectivity index (χ0) is 37.7. The minimum Gasteiger partial charge on any atom is -0.381 e. The molecule has 2 fully saturated rings. The highest BCUT2D eigenvalue weighted by Gasteiger charge is 2.22. The lowest BCUT2D eigenvalue weighted by molar-refractivity contribution is 0.193. The lowest BCUT2D eigenvalue weighted by Gasteiger charge is -2.04. The van der Waals surface area contributed by atoms with E-state index in [4.69, 9.17) is 26.8 Å². The highest BCUT2D eigenvalue weighted by atomic mass is 35.5. The first-order chi connectivity index (χ1) is 26.8. The summed E-state index contributed by atoms with van der Waals surface area (Å²) >= 11 is 8.88. The molecular formula is C36H35ClN14O2S2. The Labute approximate surface area is 327 Å². The first-order valence-corrected chi connectivity index (χ1v) is 19.4. The van der Waals surface area contributed by atoms with E-state index in [0.29, 0.717) is 22.1 Å². The number of nitrogens with zero attached hydrogens (tertiary/aromatic N) is 12. The van der Waals surface area contributed by atoms with E-state index in [1.165, 1.54) is 11.3 Å². The first kappa shape index (κ1) is 36.4. The summed E-state index contributed by atoms with van der Waals surface area (Å²) in [7, 11) is 3.78. The van der Waals surface area contributed by atoms with Crippen molar-refractivity contribution in [3.05, 3.63) is 88.7 Å². The number of hydrogen-bond donors (Lipinski definition) is 2. The maximum atomic E-state index is 5.87. The van der Waals surface area contributed by atoms with Crippen molar-refractivity contribution in [2.45, 2.75) is 24.7 Å². The smallest absolute Gasteiger partial charge is 0.211 e. The molecule has 2 saturated heterocycles. The molecule has 2 aliphatic heterocycles. The Morgan fingerprint density at radius 3 is 1.82 bits per heavy atom. The minimum atomic E-state index is 0.355. The summed E-state index contributed by atoms with van der Waals surface area (Å²) in [5.41, 5.74) is 12.7. The van der Waals surface area contributed by atoms with E-state index in [1.807, 2.05) is 75.4 Å². The molecule has 2 aliphatic rings. The quantitative estimate of drug-likeness (QED) is 0.175. The lowest BCUT2D eigenvalue weighted by Crippen LogP contribution is -1.95. The lowest BCUT2D eigenvalue weighted by atomic mass is 10.1. The number of aromatic nitrogens is 12. The Hall–Kier alpha value is -5.53. The first-order valence-electron chi connectivity index (χ1n) is 17.3. The molecule has 55 heavy (non-hydrogen) atoms. The van der Waals surface area contributed by atoms with Gasteiger partial charge >= 0.3 is 0 Å². The van der Waals surface area contributed by atoms with Crippen LogP contribution < -0.4 is 11.1 Å². The fourth-order valence-electron chi connectivity index (χ4n) is 5.94. The van der Waals surface area contributed by atoms with Gasteiger partial charge in [0.05, 0.1) is 47.7 Å². The summed E-state index contributed by atoms with van der Waals surface area (Å²) in [5, 5.41) is 31.6. The van der Waals surface area contributed by atoms with E-state index < -0.39 is 0 Å². The topological polar surface area (TPSA) is 195 Å². The van der Waals surface area contributed by atoms with Gasteiger partial charge in [-0.15, -0.1) is 20.4 Å². The molecule has 19 heteroatoms. The summed E-state index contributed by atoms with van der Waals surface area (Å²) in [6.07, 6.45) is 13.2. The van der Waals surface area contributed by atoms with Gasteiger partial charge in [0.15, 0.2) is 0 Å². The highest BCUT2D eigenvalue weighted by molar-refractivity contribution is 7.15. The maximum absolute atomic E-state index is 5.87. The molecule has 10 rings (SSSR count). The van der Waals surface area contributed by atoms with Crippen LogP contribution in [0.1, 0.15) is 34.7 Å². The van der Waals surface area contributed by atoms with Crippen LogP contribution in [0.3, 0.4) is 0 Å². The Kier molecular flexibility index (Phi) is 10.9. The Balaban J connectivity index is 0.000000130. The number of anilines is 3. The maximum Gasteiger partial charge on any atom is 0.211 e. The summed E-state index contributed by atoms with van der Waals surface area (Å²) in [5.74, 6) is 1.51. The summed E-state index contributed by atoms with van der Waals surface area (Å²) in [6.45, 7) is 3.13. The third kappa shape index (κ3) is 8.90. The van der Waals surface area contributed by atoms with Crippen molar-refractivity contribution in [2.75, 3.05) is 37.5 Å². The average molecular weight is 795 g/mol. The Bertz CT molecular complexity index is 2540. The molecule has 0 aromatic carbocycles. The molecule has 8 aromatic heterocycles. The van der Waals surface area contributed by atoms with Crippen LogP contribution in [0, 0.1) is 0 Å². The molecule has 3 N–H and O–H groups in total. The summed E-state index contributed by atoms with van der Waals surface area (Å²) in [4.78, 5) is 17.8. The van der Waals surface area contributed by atoms with Crippen molar-refractivity contribution in [3.63, 3.8) is 0 Å². The Morgan fingerprint density at radius 2 is 1.27 bits per heavy atom. The van der Waals surface area contributed by atoms with E-state index in [-0.39, 0.29) is 0 Å². The number of nitrogens with one attached hydrogen (secondary N) is 1. The minimum absolute atomic E-state index is 0.355. The number of fused-ring (bicyclic) bond motifs is 2. The van der Waals surface area contributed by atoms with Gasteiger partial charge in [-0.25, -0.2) is 9.97 Å². The number of nitrogen functional groups attached to an aromatic ring is 1. The molecule has 0 aliphatic carbocycles. The van der Waals surface area contributed by atoms with Crippen molar-refractivity contribution >= 4 is 72.4 Å². The molecule has 0 radical (unpaired) electrons. The van der Waals surface area contributed by atoms with Gasteiger partial charge < -0.3 is 20.5 Å². The zero-order valence-electron chi connectivity index (χ0n) is 29.8. The molecule has 0 saturated carbocycles. The van der Waals surface area contributed by atoms with Crippen molar-refractivity contribution in [1.82, 2.24) is 59.9 Å². The number of nitrogens with two attached hydrogens (primary N) is 1. The molecule has 0 spiro atoms. The van der Waals surface area contributed by atoms with Gasteiger partial charge in [-0.1, -0.05) is 34.3 Å². The number of hydrogen-bond acceptors (Lipinski definition) is 16. The standard InChI is InChI=1S/C18H17N7OS.C12H9ClN4.C6H9N3OS/c1-25-9-13(8-20-25)12-6-15-14(19-7-12)2-3-16(21-15)22-18-24-23-17(27-18)11-4-5-26-10-11;1-17-7-9(6-15-17)8-4-11-10(14-5-8)2-3-12(13)16-11;7-6-9-8-5(11-6)4-1-2-10-3-4/h2-3,6-9,11H,4-5,10H2,1H3,(H,21,22,24);2-7H,1H3;4H,1-3H2,(H2,7,9). The molecule has 16 nitrogen and oxygen atoms in total. The zero-order valence-corrected chi connectivity index (χ0v) is 32.2. The van der Waals surface area contributed by atoms with E-state index >= 15 is 0 Å². The third-order valence-electron chi connectivity index (χ3n) is 8.81. The SMILES string of the molecule is Cn1cc(-c2cnc3ccc(Cl)nc3c2)cn1.Cn1cc(-c2cnc3ccc(Nc4nnc(C5CCOC5)s4)nc3c2)cn1.Nc1nnc(C2CCOC2)s1. The highest BCUT2D eigenvalue weighted by Crippen LogP contribution is 2.31. The van der Waals surface area contributed by atoms with Gasteiger partial charge in [0.2, 0.25) is 10.3 Å². The largest absolute Gasteiger partial charge is 0.381 e. The van der Waals surface area contributed by atoms with Crippen LogP contribution in [0.5, 0.6) is 0 Å². The third-order valence-corrected chi connectivity index (χ3v) is 10.9. The molecule has 0 amide bonds. The second kappa shape index (κ2) is 16.5. The van der Waals surface area contributed by atoms with Crippen LogP contribution in [0.25, 0.3) is 44.3 Å². The molecule has 10 heterocycles. The van der Waals surface area contributed by atoms with Crippen molar-refractivity contribution in [2.24, 2.45) is 14.1 Å². The average Bonchev–Trinajstić information content (AvgIpc) is 4.04. The van der Waals surface area contributed by atoms with Gasteiger partial charge in [-0.3, -0.25) is 19.3 Å². The van der Waals surface area contributed by atoms with E-state index in [0.717, 1.165) is 105 Å². The molecule has 2 unspecified atom stereocenters. The molecule has 8 aromatic rings. The van der Waals surface area contributed by atoms with Crippen LogP contribution in [0.2, 0.25) is 5.15 Å². The van der Waals surface area contributed by atoms with E-state index in [1.54, 1.807) is 33.0 Å². The van der Waals surface area contributed by atoms with E-state index in [2.05, 4.69) is 55.8 Å². The second-order valence-corrected chi connectivity index (χ2v) is 15.3. The Morgan fingerprint density at radius 1 is 0.691 bits per heavy atom. The number of ether oxygens (including phenoxy) is 2. The predicted octanol–water partition coefficient (Wildman–Crippen LogP) is 6.44. The summed E-state index contributed by atoms with van der Waals surface area (Å²) in [6, 6.07) is 11.4. The van der Waals surface area contributed by atoms with Crippen molar-refractivity contribution in [3.8, 4) is 22.3 Å². The molecule has 280 valence electrons. The molecule has 2 atom stereocenters.